The second-order valence-electron chi connectivity index (χ2n) is 5.18. The average Bonchev–Trinajstić information content (AvgIpc) is 2.92. The SMILES string of the molecule is Cc1nccc([C@@H]2CCCN(Cc3cccs3)C2)n1. The number of nitrogens with zero attached hydrogens (tertiary/aromatic N) is 3. The number of rotatable bonds is 3. The Morgan fingerprint density at radius 1 is 1.42 bits per heavy atom. The molecule has 1 aliphatic heterocycles. The van der Waals surface area contributed by atoms with E-state index in [9.17, 15) is 0 Å². The molecule has 0 aromatic carbocycles. The zero-order valence-corrected chi connectivity index (χ0v) is 12.1. The maximum atomic E-state index is 4.59. The van der Waals surface area contributed by atoms with Crippen LogP contribution in [0.3, 0.4) is 0 Å². The minimum Gasteiger partial charge on any atom is -0.298 e. The molecule has 0 bridgehead atoms. The van der Waals surface area contributed by atoms with Gasteiger partial charge in [-0.3, -0.25) is 4.90 Å². The number of thiophene rings is 1. The highest BCUT2D eigenvalue weighted by Gasteiger charge is 2.22. The third kappa shape index (κ3) is 3.19. The number of hydrogen-bond donors (Lipinski definition) is 0. The first kappa shape index (κ1) is 12.8. The molecule has 19 heavy (non-hydrogen) atoms. The number of likely N-dealkylation sites (tertiary alicyclic amines) is 1. The molecule has 1 fully saturated rings. The van der Waals surface area contributed by atoms with Gasteiger partial charge in [0.1, 0.15) is 5.82 Å². The van der Waals surface area contributed by atoms with Gasteiger partial charge >= 0.3 is 0 Å². The molecule has 0 radical (unpaired) electrons. The third-order valence-electron chi connectivity index (χ3n) is 3.68. The second-order valence-corrected chi connectivity index (χ2v) is 6.21. The van der Waals surface area contributed by atoms with Gasteiger partial charge in [-0.25, -0.2) is 9.97 Å². The van der Waals surface area contributed by atoms with Gasteiger partial charge in [0.15, 0.2) is 0 Å². The summed E-state index contributed by atoms with van der Waals surface area (Å²) in [5, 5.41) is 2.16. The van der Waals surface area contributed by atoms with Gasteiger partial charge in [-0.2, -0.15) is 0 Å². The lowest BCUT2D eigenvalue weighted by Gasteiger charge is -2.32. The minimum absolute atomic E-state index is 0.565. The molecule has 2 aromatic heterocycles. The van der Waals surface area contributed by atoms with Crippen molar-refractivity contribution in [2.75, 3.05) is 13.1 Å². The summed E-state index contributed by atoms with van der Waals surface area (Å²) in [6.07, 6.45) is 4.40. The van der Waals surface area contributed by atoms with Crippen molar-refractivity contribution in [3.8, 4) is 0 Å². The van der Waals surface area contributed by atoms with Crippen LogP contribution in [0.4, 0.5) is 0 Å². The van der Waals surface area contributed by atoms with Crippen LogP contribution in [-0.2, 0) is 6.54 Å². The third-order valence-corrected chi connectivity index (χ3v) is 4.54. The molecule has 0 aliphatic carbocycles. The number of hydrogen-bond acceptors (Lipinski definition) is 4. The lowest BCUT2D eigenvalue weighted by atomic mass is 9.94. The highest BCUT2D eigenvalue weighted by atomic mass is 32.1. The van der Waals surface area contributed by atoms with Crippen molar-refractivity contribution < 1.29 is 0 Å². The quantitative estimate of drug-likeness (QED) is 0.859. The van der Waals surface area contributed by atoms with Crippen LogP contribution in [-0.4, -0.2) is 28.0 Å². The Kier molecular flexibility index (Phi) is 3.89. The van der Waals surface area contributed by atoms with Crippen molar-refractivity contribution >= 4 is 11.3 Å². The van der Waals surface area contributed by atoms with Gasteiger partial charge in [-0.1, -0.05) is 6.07 Å². The first-order valence-electron chi connectivity index (χ1n) is 6.85. The highest BCUT2D eigenvalue weighted by molar-refractivity contribution is 7.09. The first-order valence-corrected chi connectivity index (χ1v) is 7.73. The van der Waals surface area contributed by atoms with Gasteiger partial charge < -0.3 is 0 Å². The largest absolute Gasteiger partial charge is 0.298 e. The fraction of sp³-hybridized carbons (Fsp3) is 0.467. The van der Waals surface area contributed by atoms with Gasteiger partial charge in [0.05, 0.1) is 0 Å². The Labute approximate surface area is 118 Å². The lowest BCUT2D eigenvalue weighted by molar-refractivity contribution is 0.200. The van der Waals surface area contributed by atoms with Gasteiger partial charge in [0.25, 0.3) is 0 Å². The first-order chi connectivity index (χ1) is 9.31. The molecule has 0 spiro atoms. The monoisotopic (exact) mass is 273 g/mol. The summed E-state index contributed by atoms with van der Waals surface area (Å²) in [7, 11) is 0. The van der Waals surface area contributed by atoms with Gasteiger partial charge in [-0.05, 0) is 43.8 Å². The van der Waals surface area contributed by atoms with E-state index in [1.54, 1.807) is 0 Å². The molecule has 3 rings (SSSR count). The summed E-state index contributed by atoms with van der Waals surface area (Å²) >= 11 is 1.85. The fourth-order valence-electron chi connectivity index (χ4n) is 2.77. The summed E-state index contributed by atoms with van der Waals surface area (Å²) in [6, 6.07) is 6.44. The van der Waals surface area contributed by atoms with E-state index in [0.717, 1.165) is 18.9 Å². The van der Waals surface area contributed by atoms with Crippen molar-refractivity contribution in [3.63, 3.8) is 0 Å². The van der Waals surface area contributed by atoms with Crippen molar-refractivity contribution in [2.24, 2.45) is 0 Å². The molecule has 1 saturated heterocycles. The maximum Gasteiger partial charge on any atom is 0.125 e. The molecular weight excluding hydrogens is 254 g/mol. The molecule has 2 aromatic rings. The molecule has 0 unspecified atom stereocenters. The fourth-order valence-corrected chi connectivity index (χ4v) is 3.51. The van der Waals surface area contributed by atoms with E-state index in [-0.39, 0.29) is 0 Å². The van der Waals surface area contributed by atoms with Crippen LogP contribution in [0.2, 0.25) is 0 Å². The molecule has 3 heterocycles. The van der Waals surface area contributed by atoms with E-state index in [2.05, 4.69) is 38.4 Å². The number of aryl methyl sites for hydroxylation is 1. The van der Waals surface area contributed by atoms with Crippen LogP contribution in [0.1, 0.15) is 35.2 Å². The van der Waals surface area contributed by atoms with Gasteiger partial charge in [0.2, 0.25) is 0 Å². The number of aromatic nitrogens is 2. The van der Waals surface area contributed by atoms with E-state index in [1.165, 1.54) is 30.0 Å². The van der Waals surface area contributed by atoms with Gasteiger partial charge in [0, 0.05) is 35.8 Å². The predicted octanol–water partition coefficient (Wildman–Crippen LogP) is 3.23. The lowest BCUT2D eigenvalue weighted by Crippen LogP contribution is -2.34. The summed E-state index contributed by atoms with van der Waals surface area (Å²) in [6.45, 7) is 5.38. The Balaban J connectivity index is 1.67. The second kappa shape index (κ2) is 5.80. The van der Waals surface area contributed by atoms with E-state index in [4.69, 9.17) is 0 Å². The van der Waals surface area contributed by atoms with Crippen LogP contribution in [0.5, 0.6) is 0 Å². The molecule has 3 nitrogen and oxygen atoms in total. The van der Waals surface area contributed by atoms with Crippen LogP contribution >= 0.6 is 11.3 Å². The van der Waals surface area contributed by atoms with Crippen LogP contribution in [0.25, 0.3) is 0 Å². The summed E-state index contributed by atoms with van der Waals surface area (Å²) in [4.78, 5) is 12.8. The highest BCUT2D eigenvalue weighted by Crippen LogP contribution is 2.26. The van der Waals surface area contributed by atoms with E-state index in [0.29, 0.717) is 5.92 Å². The maximum absolute atomic E-state index is 4.59. The van der Waals surface area contributed by atoms with E-state index in [1.807, 2.05) is 24.5 Å². The summed E-state index contributed by atoms with van der Waals surface area (Å²) < 4.78 is 0. The molecular formula is C15H19N3S. The topological polar surface area (TPSA) is 29.0 Å². The zero-order chi connectivity index (χ0) is 13.1. The van der Waals surface area contributed by atoms with Crippen molar-refractivity contribution in [1.29, 1.82) is 0 Å². The predicted molar refractivity (Wildman–Crippen MR) is 78.3 cm³/mol. The number of piperidine rings is 1. The molecule has 4 heteroatoms. The molecule has 0 saturated carbocycles. The Bertz CT molecular complexity index is 524. The van der Waals surface area contributed by atoms with Crippen molar-refractivity contribution in [2.45, 2.75) is 32.2 Å². The standard InChI is InChI=1S/C15H19N3S/c1-12-16-7-6-15(17-12)13-4-2-8-18(10-13)11-14-5-3-9-19-14/h3,5-7,9,13H,2,4,8,10-11H2,1H3/t13-/m1/s1. The average molecular weight is 273 g/mol. The van der Waals surface area contributed by atoms with Crippen LogP contribution in [0, 0.1) is 6.92 Å². The van der Waals surface area contributed by atoms with E-state index >= 15 is 0 Å². The Morgan fingerprint density at radius 3 is 3.16 bits per heavy atom. The van der Waals surface area contributed by atoms with Crippen LogP contribution in [0.15, 0.2) is 29.8 Å². The van der Waals surface area contributed by atoms with Crippen molar-refractivity contribution in [1.82, 2.24) is 14.9 Å². The molecule has 0 N–H and O–H groups in total. The van der Waals surface area contributed by atoms with Gasteiger partial charge in [-0.15, -0.1) is 11.3 Å². The zero-order valence-electron chi connectivity index (χ0n) is 11.2. The summed E-state index contributed by atoms with van der Waals surface area (Å²) in [5.74, 6) is 1.45. The molecule has 100 valence electrons. The van der Waals surface area contributed by atoms with Crippen molar-refractivity contribution in [3.05, 3.63) is 46.2 Å². The Morgan fingerprint density at radius 2 is 2.37 bits per heavy atom. The summed E-state index contributed by atoms with van der Waals surface area (Å²) in [5.41, 5.74) is 1.21. The van der Waals surface area contributed by atoms with Crippen LogP contribution < -0.4 is 0 Å². The minimum atomic E-state index is 0.565. The molecule has 1 atom stereocenters. The molecule has 0 amide bonds. The smallest absolute Gasteiger partial charge is 0.125 e. The Hall–Kier alpha value is -1.26. The molecule has 1 aliphatic rings. The normalized spacial score (nSPS) is 20.6. The van der Waals surface area contributed by atoms with E-state index < -0.39 is 0 Å².